The van der Waals surface area contributed by atoms with Gasteiger partial charge in [-0.1, -0.05) is 6.07 Å². The Bertz CT molecular complexity index is 1230. The van der Waals surface area contributed by atoms with Crippen LogP contribution in [0.1, 0.15) is 31.0 Å². The highest BCUT2D eigenvalue weighted by Crippen LogP contribution is 2.35. The molecule has 0 saturated heterocycles. The Labute approximate surface area is 213 Å². The summed E-state index contributed by atoms with van der Waals surface area (Å²) in [7, 11) is 1.27. The summed E-state index contributed by atoms with van der Waals surface area (Å²) in [5, 5.41) is 19.6. The predicted octanol–water partition coefficient (Wildman–Crippen LogP) is 1.94. The summed E-state index contributed by atoms with van der Waals surface area (Å²) in [4.78, 5) is 24.4. The summed E-state index contributed by atoms with van der Waals surface area (Å²) in [6.07, 6.45) is 0.424. The molecule has 2 aromatic carbocycles. The maximum absolute atomic E-state index is 12.4. The van der Waals surface area contributed by atoms with Crippen LogP contribution in [0.2, 0.25) is 0 Å². The van der Waals surface area contributed by atoms with Crippen LogP contribution >= 0.6 is 0 Å². The third-order valence-electron chi connectivity index (χ3n) is 5.51. The van der Waals surface area contributed by atoms with E-state index in [0.29, 0.717) is 40.9 Å². The van der Waals surface area contributed by atoms with Crippen LogP contribution in [0.3, 0.4) is 0 Å². The van der Waals surface area contributed by atoms with Crippen molar-refractivity contribution in [2.75, 3.05) is 27.1 Å². The minimum Gasteiger partial charge on any atom is -0.490 e. The molecule has 0 saturated carbocycles. The van der Waals surface area contributed by atoms with Crippen LogP contribution in [-0.4, -0.2) is 56.7 Å². The van der Waals surface area contributed by atoms with E-state index in [1.807, 2.05) is 13.0 Å². The quantitative estimate of drug-likeness (QED) is 0.162. The number of benzene rings is 2. The zero-order valence-corrected chi connectivity index (χ0v) is 20.6. The first-order valence-corrected chi connectivity index (χ1v) is 11.5. The van der Waals surface area contributed by atoms with Gasteiger partial charge in [-0.05, 0) is 55.3 Å². The number of carbonyl (C=O) groups is 2. The molecule has 0 aromatic heterocycles. The molecule has 0 aliphatic carbocycles. The number of methoxy groups -OCH3 is 1. The minimum atomic E-state index is -1.11. The highest BCUT2D eigenvalue weighted by Gasteiger charge is 2.32. The summed E-state index contributed by atoms with van der Waals surface area (Å²) >= 11 is 0. The van der Waals surface area contributed by atoms with Gasteiger partial charge in [0.25, 0.3) is 0 Å². The number of nitrogens with one attached hydrogen (secondary N) is 3. The van der Waals surface area contributed by atoms with Gasteiger partial charge in [0.2, 0.25) is 6.79 Å². The van der Waals surface area contributed by atoms with Crippen LogP contribution in [0.15, 0.2) is 52.8 Å². The van der Waals surface area contributed by atoms with Crippen molar-refractivity contribution >= 4 is 18.2 Å². The number of aliphatic hydroxyl groups excluding tert-OH is 1. The van der Waals surface area contributed by atoms with E-state index < -0.39 is 24.3 Å². The van der Waals surface area contributed by atoms with Crippen molar-refractivity contribution in [2.45, 2.75) is 26.1 Å². The molecule has 2 aromatic rings. The van der Waals surface area contributed by atoms with Crippen LogP contribution in [0.5, 0.6) is 23.0 Å². The van der Waals surface area contributed by atoms with Crippen LogP contribution < -0.4 is 35.0 Å². The van der Waals surface area contributed by atoms with Gasteiger partial charge < -0.3 is 39.4 Å². The van der Waals surface area contributed by atoms with E-state index in [2.05, 4.69) is 21.2 Å². The Hall–Kier alpha value is -4.45. The number of fused-ring (bicyclic) bond motifs is 1. The molecule has 2 heterocycles. The Balaban J connectivity index is 1.42. The van der Waals surface area contributed by atoms with Gasteiger partial charge in [-0.15, -0.1) is 0 Å². The summed E-state index contributed by atoms with van der Waals surface area (Å²) in [6.45, 7) is 3.84. The van der Waals surface area contributed by atoms with Crippen molar-refractivity contribution in [2.24, 2.45) is 5.10 Å². The van der Waals surface area contributed by atoms with E-state index in [0.717, 1.165) is 5.56 Å². The number of urea groups is 1. The number of hydrazone groups is 1. The molecule has 2 aliphatic heterocycles. The van der Waals surface area contributed by atoms with Gasteiger partial charge in [0.05, 0.1) is 31.5 Å². The molecular formula is C25H28N4O8. The fraction of sp³-hybridized carbons (Fsp3) is 0.320. The van der Waals surface area contributed by atoms with Crippen LogP contribution in [-0.2, 0) is 9.53 Å². The number of ether oxygens (including phenoxy) is 5. The van der Waals surface area contributed by atoms with Crippen molar-refractivity contribution in [1.82, 2.24) is 16.1 Å². The lowest BCUT2D eigenvalue weighted by Gasteiger charge is -2.28. The lowest BCUT2D eigenvalue weighted by atomic mass is 9.95. The average molecular weight is 513 g/mol. The van der Waals surface area contributed by atoms with E-state index in [-0.39, 0.29) is 19.0 Å². The molecule has 4 rings (SSSR count). The minimum absolute atomic E-state index is 0.131. The van der Waals surface area contributed by atoms with Gasteiger partial charge >= 0.3 is 12.0 Å². The molecule has 2 aliphatic rings. The summed E-state index contributed by atoms with van der Waals surface area (Å²) in [5.41, 5.74) is 4.63. The second-order valence-electron chi connectivity index (χ2n) is 8.03. The van der Waals surface area contributed by atoms with E-state index in [1.54, 1.807) is 37.3 Å². The summed E-state index contributed by atoms with van der Waals surface area (Å²) in [5.74, 6) is 1.49. The van der Waals surface area contributed by atoms with Gasteiger partial charge in [-0.3, -0.25) is 5.43 Å². The Morgan fingerprint density at radius 2 is 2.03 bits per heavy atom. The number of nitrogens with zero attached hydrogens (tertiary/aromatic N) is 1. The van der Waals surface area contributed by atoms with E-state index >= 15 is 0 Å². The number of rotatable bonds is 10. The predicted molar refractivity (Wildman–Crippen MR) is 132 cm³/mol. The first-order chi connectivity index (χ1) is 17.9. The summed E-state index contributed by atoms with van der Waals surface area (Å²) < 4.78 is 27.0. The largest absolute Gasteiger partial charge is 0.490 e. The Kier molecular flexibility index (Phi) is 7.98. The maximum Gasteiger partial charge on any atom is 0.337 e. The Morgan fingerprint density at radius 3 is 2.81 bits per heavy atom. The molecule has 0 spiro atoms. The number of hydrogen-bond donors (Lipinski definition) is 4. The van der Waals surface area contributed by atoms with E-state index in [9.17, 15) is 14.7 Å². The zero-order valence-electron chi connectivity index (χ0n) is 20.6. The molecule has 2 amide bonds. The first kappa shape index (κ1) is 25.6. The van der Waals surface area contributed by atoms with Crippen LogP contribution in [0.25, 0.3) is 0 Å². The van der Waals surface area contributed by atoms with Crippen molar-refractivity contribution < 1.29 is 38.4 Å². The fourth-order valence-corrected chi connectivity index (χ4v) is 3.81. The number of hydrogen-bond acceptors (Lipinski definition) is 10. The molecule has 12 nitrogen and oxygen atoms in total. The van der Waals surface area contributed by atoms with Gasteiger partial charge in [0, 0.05) is 5.70 Å². The second kappa shape index (κ2) is 11.5. The molecule has 0 bridgehead atoms. The van der Waals surface area contributed by atoms with Crippen LogP contribution in [0.4, 0.5) is 4.79 Å². The molecule has 12 heteroatoms. The smallest absolute Gasteiger partial charge is 0.337 e. The second-order valence-corrected chi connectivity index (χ2v) is 8.03. The van der Waals surface area contributed by atoms with Crippen LogP contribution in [0, 0.1) is 0 Å². The van der Waals surface area contributed by atoms with Crippen molar-refractivity contribution in [3.05, 3.63) is 58.8 Å². The lowest BCUT2D eigenvalue weighted by Crippen LogP contribution is -2.45. The first-order valence-electron chi connectivity index (χ1n) is 11.5. The monoisotopic (exact) mass is 512 g/mol. The standard InChI is InChI=1S/C25H28N4O8/c1-4-34-20-10-16(23-22(24(31)33-3)14(2)27-25(32)28-23)6-8-17(20)35-12-21(30)29-26-11-15-5-7-18-19(9-15)37-13-36-18/h5-11,21,23,29-30H,4,12-13H2,1-3H3,(H2,27,28,32)/b26-11-/t21-,23-/m0/s1. The molecule has 0 unspecified atom stereocenters. The fourth-order valence-electron chi connectivity index (χ4n) is 3.81. The van der Waals surface area contributed by atoms with Crippen molar-refractivity contribution in [3.63, 3.8) is 0 Å². The van der Waals surface area contributed by atoms with E-state index in [1.165, 1.54) is 13.3 Å². The molecule has 2 atom stereocenters. The average Bonchev–Trinajstić information content (AvgIpc) is 3.35. The third kappa shape index (κ3) is 6.04. The topological polar surface area (TPSA) is 149 Å². The lowest BCUT2D eigenvalue weighted by molar-refractivity contribution is -0.136. The van der Waals surface area contributed by atoms with Crippen molar-refractivity contribution in [1.29, 1.82) is 0 Å². The molecule has 37 heavy (non-hydrogen) atoms. The summed E-state index contributed by atoms with van der Waals surface area (Å²) in [6, 6.07) is 9.19. The molecule has 196 valence electrons. The molecule has 0 radical (unpaired) electrons. The number of esters is 1. The third-order valence-corrected chi connectivity index (χ3v) is 5.51. The van der Waals surface area contributed by atoms with Gasteiger partial charge in [0.15, 0.2) is 29.2 Å². The Morgan fingerprint density at radius 1 is 1.22 bits per heavy atom. The number of aliphatic hydroxyl groups is 1. The highest BCUT2D eigenvalue weighted by molar-refractivity contribution is 5.95. The SMILES string of the molecule is CCOc1cc([C@@H]2NC(=O)NC(C)=C2C(=O)OC)ccc1OC[C@H](O)N/N=C\c1ccc2c(c1)OCO2. The molecular weight excluding hydrogens is 484 g/mol. The zero-order chi connectivity index (χ0) is 26.4. The number of carbonyl (C=O) groups excluding carboxylic acids is 2. The molecule has 4 N–H and O–H groups in total. The van der Waals surface area contributed by atoms with Crippen molar-refractivity contribution in [3.8, 4) is 23.0 Å². The number of amides is 2. The number of allylic oxidation sites excluding steroid dienone is 1. The van der Waals surface area contributed by atoms with E-state index in [4.69, 9.17) is 23.7 Å². The van der Waals surface area contributed by atoms with Gasteiger partial charge in [0.1, 0.15) is 6.61 Å². The highest BCUT2D eigenvalue weighted by atomic mass is 16.7. The maximum atomic E-state index is 12.4. The normalized spacial score (nSPS) is 17.2. The molecule has 0 fully saturated rings. The van der Waals surface area contributed by atoms with Gasteiger partial charge in [-0.2, -0.15) is 5.10 Å². The van der Waals surface area contributed by atoms with Gasteiger partial charge in [-0.25, -0.2) is 9.59 Å².